The molecule has 128 valence electrons. The molecule has 0 saturated carbocycles. The van der Waals surface area contributed by atoms with E-state index < -0.39 is 5.97 Å². The Labute approximate surface area is 148 Å². The quantitative estimate of drug-likeness (QED) is 0.532. The van der Waals surface area contributed by atoms with Crippen LogP contribution in [0.1, 0.15) is 33.5 Å². The lowest BCUT2D eigenvalue weighted by atomic mass is 10.2. The highest BCUT2D eigenvalue weighted by atomic mass is 32.1. The first-order valence-corrected chi connectivity index (χ1v) is 8.63. The Balaban J connectivity index is 2.12. The van der Waals surface area contributed by atoms with E-state index in [4.69, 9.17) is 4.74 Å². The monoisotopic (exact) mass is 355 g/mol. The van der Waals surface area contributed by atoms with Crippen LogP contribution in [-0.2, 0) is 4.74 Å². The SMILES string of the molecule is CCOC(=O)c1sc2nc(C)n(N=Cc3ccccc3)c(=O)c2c1C. The van der Waals surface area contributed by atoms with Crippen LogP contribution in [0.2, 0.25) is 0 Å². The number of thiophene rings is 1. The Hall–Kier alpha value is -2.80. The van der Waals surface area contributed by atoms with Crippen molar-refractivity contribution in [2.75, 3.05) is 6.61 Å². The second-order valence-electron chi connectivity index (χ2n) is 5.39. The van der Waals surface area contributed by atoms with Gasteiger partial charge in [-0.05, 0) is 31.9 Å². The molecule has 3 rings (SSSR count). The molecule has 0 amide bonds. The Morgan fingerprint density at radius 1 is 1.32 bits per heavy atom. The summed E-state index contributed by atoms with van der Waals surface area (Å²) in [4.78, 5) is 30.3. The summed E-state index contributed by atoms with van der Waals surface area (Å²) >= 11 is 1.17. The van der Waals surface area contributed by atoms with E-state index in [9.17, 15) is 9.59 Å². The van der Waals surface area contributed by atoms with Crippen LogP contribution < -0.4 is 5.56 Å². The Bertz CT molecular complexity index is 1020. The standard InChI is InChI=1S/C18H17N3O3S/c1-4-24-18(23)15-11(2)14-16(25-15)20-12(3)21(17(14)22)19-10-13-8-6-5-7-9-13/h5-10H,4H2,1-3H3. The van der Waals surface area contributed by atoms with E-state index in [0.717, 1.165) is 5.56 Å². The smallest absolute Gasteiger partial charge is 0.348 e. The Morgan fingerprint density at radius 3 is 2.72 bits per heavy atom. The number of hydrogen-bond donors (Lipinski definition) is 0. The highest BCUT2D eigenvalue weighted by Gasteiger charge is 2.21. The lowest BCUT2D eigenvalue weighted by Gasteiger charge is -2.03. The lowest BCUT2D eigenvalue weighted by Crippen LogP contribution is -2.20. The van der Waals surface area contributed by atoms with E-state index in [-0.39, 0.29) is 12.2 Å². The van der Waals surface area contributed by atoms with Crippen LogP contribution in [0.15, 0.2) is 40.2 Å². The number of carbonyl (C=O) groups excluding carboxylic acids is 1. The van der Waals surface area contributed by atoms with Crippen molar-refractivity contribution in [1.29, 1.82) is 0 Å². The molecule has 0 aliphatic heterocycles. The normalized spacial score (nSPS) is 11.3. The van der Waals surface area contributed by atoms with Crippen LogP contribution in [0, 0.1) is 13.8 Å². The molecule has 0 unspecified atom stereocenters. The fourth-order valence-corrected chi connectivity index (χ4v) is 3.58. The summed E-state index contributed by atoms with van der Waals surface area (Å²) in [6.45, 7) is 5.47. The summed E-state index contributed by atoms with van der Waals surface area (Å²) in [6, 6.07) is 9.49. The van der Waals surface area contributed by atoms with Crippen LogP contribution >= 0.6 is 11.3 Å². The van der Waals surface area contributed by atoms with Crippen LogP contribution in [0.5, 0.6) is 0 Å². The zero-order valence-electron chi connectivity index (χ0n) is 14.1. The number of fused-ring (bicyclic) bond motifs is 1. The molecule has 0 aliphatic carbocycles. The van der Waals surface area contributed by atoms with Gasteiger partial charge < -0.3 is 4.74 Å². The number of nitrogens with zero attached hydrogens (tertiary/aromatic N) is 3. The summed E-state index contributed by atoms with van der Waals surface area (Å²) in [5.74, 6) is 0.0285. The molecule has 0 spiro atoms. The van der Waals surface area contributed by atoms with Crippen molar-refractivity contribution in [2.24, 2.45) is 5.10 Å². The van der Waals surface area contributed by atoms with Gasteiger partial charge >= 0.3 is 5.97 Å². The molecule has 6 nitrogen and oxygen atoms in total. The zero-order valence-corrected chi connectivity index (χ0v) is 15.0. The second-order valence-corrected chi connectivity index (χ2v) is 6.39. The van der Waals surface area contributed by atoms with Crippen molar-refractivity contribution in [3.05, 3.63) is 62.5 Å². The van der Waals surface area contributed by atoms with E-state index in [1.807, 2.05) is 30.3 Å². The summed E-state index contributed by atoms with van der Waals surface area (Å²) < 4.78 is 6.30. The molecule has 2 heterocycles. The lowest BCUT2D eigenvalue weighted by molar-refractivity contribution is 0.0531. The van der Waals surface area contributed by atoms with Crippen LogP contribution in [-0.4, -0.2) is 28.5 Å². The van der Waals surface area contributed by atoms with Crippen molar-refractivity contribution in [3.63, 3.8) is 0 Å². The van der Waals surface area contributed by atoms with Crippen molar-refractivity contribution in [3.8, 4) is 0 Å². The van der Waals surface area contributed by atoms with Crippen molar-refractivity contribution in [1.82, 2.24) is 9.66 Å². The van der Waals surface area contributed by atoms with E-state index in [1.54, 1.807) is 27.0 Å². The van der Waals surface area contributed by atoms with Crippen molar-refractivity contribution < 1.29 is 9.53 Å². The number of ether oxygens (including phenoxy) is 1. The van der Waals surface area contributed by atoms with Gasteiger partial charge in [0.15, 0.2) is 0 Å². The summed E-state index contributed by atoms with van der Waals surface area (Å²) in [7, 11) is 0. The number of benzene rings is 1. The number of rotatable bonds is 4. The molecule has 1 aromatic carbocycles. The van der Waals surface area contributed by atoms with Gasteiger partial charge in [-0.15, -0.1) is 11.3 Å². The molecule has 0 radical (unpaired) electrons. The molecule has 0 fully saturated rings. The van der Waals surface area contributed by atoms with Gasteiger partial charge in [0, 0.05) is 0 Å². The van der Waals surface area contributed by atoms with Gasteiger partial charge in [-0.3, -0.25) is 4.79 Å². The van der Waals surface area contributed by atoms with Gasteiger partial charge in [0.1, 0.15) is 15.5 Å². The molecule has 0 N–H and O–H groups in total. The Morgan fingerprint density at radius 2 is 2.04 bits per heavy atom. The second kappa shape index (κ2) is 6.98. The van der Waals surface area contributed by atoms with Crippen molar-refractivity contribution >= 4 is 33.7 Å². The molecule has 25 heavy (non-hydrogen) atoms. The van der Waals surface area contributed by atoms with E-state index in [1.165, 1.54) is 16.0 Å². The summed E-state index contributed by atoms with van der Waals surface area (Å²) in [6.07, 6.45) is 1.61. The third-order valence-corrected chi connectivity index (χ3v) is 4.85. The fraction of sp³-hybridized carbons (Fsp3) is 0.222. The highest BCUT2D eigenvalue weighted by Crippen LogP contribution is 2.28. The van der Waals surface area contributed by atoms with Gasteiger partial charge in [0.25, 0.3) is 5.56 Å². The average Bonchev–Trinajstić information content (AvgIpc) is 2.92. The van der Waals surface area contributed by atoms with Crippen LogP contribution in [0.25, 0.3) is 10.2 Å². The maximum Gasteiger partial charge on any atom is 0.348 e. The van der Waals surface area contributed by atoms with Crippen LogP contribution in [0.3, 0.4) is 0 Å². The van der Waals surface area contributed by atoms with Crippen molar-refractivity contribution in [2.45, 2.75) is 20.8 Å². The number of carbonyl (C=O) groups is 1. The van der Waals surface area contributed by atoms with Gasteiger partial charge in [-0.25, -0.2) is 9.78 Å². The first kappa shape index (κ1) is 17.0. The molecular formula is C18H17N3O3S. The van der Waals surface area contributed by atoms with E-state index in [0.29, 0.717) is 26.5 Å². The fourth-order valence-electron chi connectivity index (χ4n) is 2.47. The minimum atomic E-state index is -0.431. The summed E-state index contributed by atoms with van der Waals surface area (Å²) in [5, 5.41) is 4.67. The summed E-state index contributed by atoms with van der Waals surface area (Å²) in [5.41, 5.74) is 1.17. The maximum absolute atomic E-state index is 12.8. The van der Waals surface area contributed by atoms with E-state index in [2.05, 4.69) is 10.1 Å². The largest absolute Gasteiger partial charge is 0.462 e. The third kappa shape index (κ3) is 3.23. The zero-order chi connectivity index (χ0) is 18.0. The van der Waals surface area contributed by atoms with Gasteiger partial charge in [-0.1, -0.05) is 30.3 Å². The van der Waals surface area contributed by atoms with Crippen LogP contribution in [0.4, 0.5) is 0 Å². The minimum Gasteiger partial charge on any atom is -0.462 e. The maximum atomic E-state index is 12.8. The predicted octanol–water partition coefficient (Wildman–Crippen LogP) is 3.13. The molecule has 0 aliphatic rings. The number of aryl methyl sites for hydroxylation is 2. The first-order valence-electron chi connectivity index (χ1n) is 7.82. The molecule has 2 aromatic heterocycles. The predicted molar refractivity (Wildman–Crippen MR) is 98.7 cm³/mol. The molecule has 7 heteroatoms. The molecule has 0 bridgehead atoms. The third-order valence-electron chi connectivity index (χ3n) is 3.69. The topological polar surface area (TPSA) is 73.5 Å². The average molecular weight is 355 g/mol. The Kier molecular flexibility index (Phi) is 4.76. The first-order chi connectivity index (χ1) is 12.0. The van der Waals surface area contributed by atoms with Gasteiger partial charge in [0.05, 0.1) is 18.2 Å². The number of aromatic nitrogens is 2. The van der Waals surface area contributed by atoms with Gasteiger partial charge in [-0.2, -0.15) is 9.78 Å². The van der Waals surface area contributed by atoms with Gasteiger partial charge in [0.2, 0.25) is 0 Å². The van der Waals surface area contributed by atoms with E-state index >= 15 is 0 Å². The highest BCUT2D eigenvalue weighted by molar-refractivity contribution is 7.20. The molecule has 0 atom stereocenters. The minimum absolute atomic E-state index is 0.282. The molecule has 3 aromatic rings. The molecule has 0 saturated heterocycles. The number of hydrogen-bond acceptors (Lipinski definition) is 6. The number of esters is 1. The molecular weight excluding hydrogens is 338 g/mol.